The lowest BCUT2D eigenvalue weighted by Crippen LogP contribution is -2.44. The maximum atomic E-state index is 13.6. The summed E-state index contributed by atoms with van der Waals surface area (Å²) in [4.78, 5) is 13.7. The van der Waals surface area contributed by atoms with Crippen molar-refractivity contribution in [3.05, 3.63) is 72.9 Å². The highest BCUT2D eigenvalue weighted by molar-refractivity contribution is 5.96. The fourth-order valence-corrected chi connectivity index (χ4v) is 4.88. The van der Waals surface area contributed by atoms with Crippen molar-refractivity contribution < 1.29 is 13.9 Å². The predicted molar refractivity (Wildman–Crippen MR) is 145 cm³/mol. The summed E-state index contributed by atoms with van der Waals surface area (Å²) in [6.07, 6.45) is 3.97. The zero-order chi connectivity index (χ0) is 26.1. The summed E-state index contributed by atoms with van der Waals surface area (Å²) in [6, 6.07) is 16.7. The van der Waals surface area contributed by atoms with Crippen molar-refractivity contribution in [3.63, 3.8) is 0 Å². The Balaban J connectivity index is 1.37. The van der Waals surface area contributed by atoms with E-state index in [0.717, 1.165) is 48.3 Å². The molecule has 0 saturated carbocycles. The highest BCUT2D eigenvalue weighted by Gasteiger charge is 2.20. The minimum absolute atomic E-state index is 0.0670. The molecule has 1 aliphatic heterocycles. The lowest BCUT2D eigenvalue weighted by atomic mass is 10.0. The number of fused-ring (bicyclic) bond motifs is 1. The summed E-state index contributed by atoms with van der Waals surface area (Å²) >= 11 is 0. The van der Waals surface area contributed by atoms with Crippen LogP contribution < -0.4 is 4.90 Å². The summed E-state index contributed by atoms with van der Waals surface area (Å²) in [6.45, 7) is 4.77. The number of piperazine rings is 1. The monoisotopic (exact) mass is 512 g/mol. The molecule has 0 bridgehead atoms. The molecule has 0 atom stereocenters. The lowest BCUT2D eigenvalue weighted by molar-refractivity contribution is 0.277. The van der Waals surface area contributed by atoms with Crippen molar-refractivity contribution in [1.29, 1.82) is 0 Å². The Morgan fingerprint density at radius 3 is 2.39 bits per heavy atom. The van der Waals surface area contributed by atoms with E-state index < -0.39 is 0 Å². The quantitative estimate of drug-likeness (QED) is 0.339. The second kappa shape index (κ2) is 10.4. The van der Waals surface area contributed by atoms with Crippen molar-refractivity contribution >= 4 is 16.8 Å². The predicted octanol–water partition coefficient (Wildman–Crippen LogP) is 4.69. The summed E-state index contributed by atoms with van der Waals surface area (Å²) in [5.41, 5.74) is 5.60. The molecule has 8 nitrogen and oxygen atoms in total. The number of hydrogen-bond acceptors (Lipinski definition) is 7. The fourth-order valence-electron chi connectivity index (χ4n) is 4.88. The van der Waals surface area contributed by atoms with E-state index in [1.165, 1.54) is 24.1 Å². The molecule has 0 amide bonds. The van der Waals surface area contributed by atoms with Crippen LogP contribution >= 0.6 is 0 Å². The summed E-state index contributed by atoms with van der Waals surface area (Å²) < 4.78 is 21.6. The molecular weight excluding hydrogens is 483 g/mol. The van der Waals surface area contributed by atoms with Crippen LogP contribution in [0.5, 0.6) is 0 Å². The summed E-state index contributed by atoms with van der Waals surface area (Å²) in [7, 11) is 2.15. The number of aliphatic hydroxyl groups is 1. The molecule has 194 valence electrons. The largest absolute Gasteiger partial charge is 0.438 e. The van der Waals surface area contributed by atoms with Crippen molar-refractivity contribution in [2.45, 2.75) is 13.0 Å². The van der Waals surface area contributed by atoms with Gasteiger partial charge in [0.25, 0.3) is 0 Å². The molecule has 0 aliphatic carbocycles. The Morgan fingerprint density at radius 2 is 1.66 bits per heavy atom. The third-order valence-electron chi connectivity index (χ3n) is 7.03. The molecule has 1 fully saturated rings. The van der Waals surface area contributed by atoms with Crippen LogP contribution in [0, 0.1) is 5.82 Å². The van der Waals surface area contributed by atoms with Crippen LogP contribution in [0.25, 0.3) is 44.9 Å². The van der Waals surface area contributed by atoms with Gasteiger partial charge in [-0.15, -0.1) is 0 Å². The van der Waals surface area contributed by atoms with Gasteiger partial charge in [-0.05, 0) is 68.1 Å². The highest BCUT2D eigenvalue weighted by atomic mass is 19.1. The Bertz CT molecular complexity index is 1540. The van der Waals surface area contributed by atoms with Crippen molar-refractivity contribution in [3.8, 4) is 33.8 Å². The van der Waals surface area contributed by atoms with Gasteiger partial charge in [0.05, 0.1) is 11.1 Å². The first kappa shape index (κ1) is 24.3. The highest BCUT2D eigenvalue weighted by Crippen LogP contribution is 2.37. The normalized spacial score (nSPS) is 14.4. The topological polar surface area (TPSA) is 83.5 Å². The van der Waals surface area contributed by atoms with Gasteiger partial charge in [0, 0.05) is 67.9 Å². The molecule has 5 aromatic rings. The van der Waals surface area contributed by atoms with Crippen LogP contribution in [0.15, 0.2) is 71.5 Å². The number of aromatic nitrogens is 4. The molecule has 1 N–H and O–H groups in total. The molecule has 0 unspecified atom stereocenters. The Morgan fingerprint density at radius 1 is 0.921 bits per heavy atom. The van der Waals surface area contributed by atoms with Crippen molar-refractivity contribution in [2.75, 3.05) is 44.7 Å². The molecule has 4 heterocycles. The average molecular weight is 513 g/mol. The number of benzene rings is 2. The zero-order valence-corrected chi connectivity index (χ0v) is 21.2. The SMILES string of the molecule is CN1CCN(c2ccc(-c3cc4c(-c5cn(CCCO)nc5-c5ccc(F)cc5)ncnc4o3)cc2)CC1. The minimum atomic E-state index is -0.308. The molecule has 0 spiro atoms. The zero-order valence-electron chi connectivity index (χ0n) is 21.2. The van der Waals surface area contributed by atoms with E-state index in [4.69, 9.17) is 9.52 Å². The number of halogens is 1. The Hall–Kier alpha value is -4.08. The number of hydrogen-bond donors (Lipinski definition) is 1. The maximum Gasteiger partial charge on any atom is 0.230 e. The van der Waals surface area contributed by atoms with E-state index in [2.05, 4.69) is 51.1 Å². The van der Waals surface area contributed by atoms with Gasteiger partial charge in [0.15, 0.2) is 0 Å². The second-order valence-electron chi connectivity index (χ2n) is 9.63. The Kier molecular flexibility index (Phi) is 6.61. The lowest BCUT2D eigenvalue weighted by Gasteiger charge is -2.34. The van der Waals surface area contributed by atoms with Crippen LogP contribution in [0.2, 0.25) is 0 Å². The standard InChI is InChI=1S/C29H29FN6O2/c1-34-12-14-35(15-13-34)23-9-5-20(6-10-23)26-17-24-28(31-19-32-29(24)38-26)25-18-36(11-2-16-37)33-27(25)21-3-7-22(30)8-4-21/h3-10,17-19,37H,2,11-16H2,1H3. The molecular formula is C29H29FN6O2. The number of furan rings is 1. The third-order valence-corrected chi connectivity index (χ3v) is 7.03. The van der Waals surface area contributed by atoms with E-state index in [-0.39, 0.29) is 12.4 Å². The molecule has 1 saturated heterocycles. The molecule has 3 aromatic heterocycles. The van der Waals surface area contributed by atoms with E-state index in [0.29, 0.717) is 35.8 Å². The first-order valence-corrected chi connectivity index (χ1v) is 12.8. The number of aliphatic hydroxyl groups excluding tert-OH is 1. The Labute approximate surface area is 220 Å². The molecule has 6 rings (SSSR count). The van der Waals surface area contributed by atoms with Gasteiger partial charge in [-0.25, -0.2) is 14.4 Å². The molecule has 0 radical (unpaired) electrons. The average Bonchev–Trinajstić information content (AvgIpc) is 3.58. The van der Waals surface area contributed by atoms with Gasteiger partial charge < -0.3 is 19.3 Å². The van der Waals surface area contributed by atoms with Crippen molar-refractivity contribution in [2.24, 2.45) is 0 Å². The first-order valence-electron chi connectivity index (χ1n) is 12.8. The summed E-state index contributed by atoms with van der Waals surface area (Å²) in [5, 5.41) is 14.8. The van der Waals surface area contributed by atoms with Crippen LogP contribution in [-0.4, -0.2) is 69.6 Å². The van der Waals surface area contributed by atoms with E-state index >= 15 is 0 Å². The molecule has 1 aliphatic rings. The van der Waals surface area contributed by atoms with Crippen LogP contribution in [0.3, 0.4) is 0 Å². The van der Waals surface area contributed by atoms with Crippen LogP contribution in [0.1, 0.15) is 6.42 Å². The minimum Gasteiger partial charge on any atom is -0.438 e. The fraction of sp³-hybridized carbons (Fsp3) is 0.276. The first-order chi connectivity index (χ1) is 18.6. The molecule has 2 aromatic carbocycles. The van der Waals surface area contributed by atoms with Gasteiger partial charge in [-0.2, -0.15) is 5.10 Å². The van der Waals surface area contributed by atoms with E-state index in [9.17, 15) is 9.50 Å². The van der Waals surface area contributed by atoms with Crippen LogP contribution in [0.4, 0.5) is 10.1 Å². The number of anilines is 1. The van der Waals surface area contributed by atoms with Crippen LogP contribution in [-0.2, 0) is 6.54 Å². The number of likely N-dealkylation sites (N-methyl/N-ethyl adjacent to an activating group) is 1. The van der Waals surface area contributed by atoms with Gasteiger partial charge in [0.1, 0.15) is 23.6 Å². The number of nitrogens with zero attached hydrogens (tertiary/aromatic N) is 6. The molecule has 38 heavy (non-hydrogen) atoms. The van der Waals surface area contributed by atoms with Gasteiger partial charge >= 0.3 is 0 Å². The van der Waals surface area contributed by atoms with E-state index in [1.54, 1.807) is 16.8 Å². The second-order valence-corrected chi connectivity index (χ2v) is 9.63. The number of aryl methyl sites for hydroxylation is 1. The summed E-state index contributed by atoms with van der Waals surface area (Å²) in [5.74, 6) is 0.403. The maximum absolute atomic E-state index is 13.6. The number of rotatable bonds is 7. The van der Waals surface area contributed by atoms with Gasteiger partial charge in [0.2, 0.25) is 5.71 Å². The van der Waals surface area contributed by atoms with Gasteiger partial charge in [-0.3, -0.25) is 4.68 Å². The third kappa shape index (κ3) is 4.78. The van der Waals surface area contributed by atoms with Gasteiger partial charge in [-0.1, -0.05) is 0 Å². The smallest absolute Gasteiger partial charge is 0.230 e. The molecule has 9 heteroatoms. The van der Waals surface area contributed by atoms with E-state index in [1.807, 2.05) is 12.3 Å². The van der Waals surface area contributed by atoms with Crippen molar-refractivity contribution in [1.82, 2.24) is 24.6 Å².